The summed E-state index contributed by atoms with van der Waals surface area (Å²) in [6.07, 6.45) is 7.36. The zero-order valence-electron chi connectivity index (χ0n) is 10.00. The lowest BCUT2D eigenvalue weighted by molar-refractivity contribution is 0.0952. The van der Waals surface area contributed by atoms with Gasteiger partial charge in [-0.1, -0.05) is 46.5 Å². The second-order valence-corrected chi connectivity index (χ2v) is 5.49. The van der Waals surface area contributed by atoms with Crippen LogP contribution < -0.4 is 0 Å². The highest BCUT2D eigenvalue weighted by molar-refractivity contribution is 4.73. The lowest BCUT2D eigenvalue weighted by atomic mass is 9.81. The summed E-state index contributed by atoms with van der Waals surface area (Å²) >= 11 is 0. The molecule has 1 fully saturated rings. The molecule has 1 saturated carbocycles. The van der Waals surface area contributed by atoms with Gasteiger partial charge in [0.15, 0.2) is 0 Å². The molecule has 0 aromatic carbocycles. The van der Waals surface area contributed by atoms with Gasteiger partial charge in [0.25, 0.3) is 0 Å². The van der Waals surface area contributed by atoms with E-state index < -0.39 is 0 Å². The minimum absolute atomic E-state index is 0.00288. The molecule has 0 bridgehead atoms. The maximum atomic E-state index is 9.55. The number of rotatable bonds is 4. The van der Waals surface area contributed by atoms with Crippen molar-refractivity contribution in [3.05, 3.63) is 0 Å². The molecule has 1 heteroatoms. The first-order chi connectivity index (χ1) is 6.59. The molecule has 1 aliphatic carbocycles. The summed E-state index contributed by atoms with van der Waals surface area (Å²) in [6.45, 7) is 6.96. The Hall–Kier alpha value is -0.0400. The van der Waals surface area contributed by atoms with Crippen LogP contribution in [0.4, 0.5) is 0 Å². The van der Waals surface area contributed by atoms with E-state index in [0.29, 0.717) is 0 Å². The topological polar surface area (TPSA) is 20.2 Å². The Bertz CT molecular complexity index is 153. The van der Waals surface area contributed by atoms with Gasteiger partial charge in [-0.3, -0.25) is 0 Å². The molecule has 0 heterocycles. The maximum Gasteiger partial charge on any atom is 0.0542 e. The fraction of sp³-hybridized carbons (Fsp3) is 1.00. The van der Waals surface area contributed by atoms with Crippen molar-refractivity contribution in [1.29, 1.82) is 0 Å². The molecule has 14 heavy (non-hydrogen) atoms. The zero-order chi connectivity index (χ0) is 10.6. The number of hydrogen-bond acceptors (Lipinski definition) is 1. The van der Waals surface area contributed by atoms with Gasteiger partial charge in [-0.25, -0.2) is 0 Å². The number of hydrogen-bond donors (Lipinski definition) is 1. The largest absolute Gasteiger partial charge is 0.393 e. The van der Waals surface area contributed by atoms with E-state index in [-0.39, 0.29) is 6.10 Å². The quantitative estimate of drug-likeness (QED) is 0.731. The molecule has 1 N–H and O–H groups in total. The Morgan fingerprint density at radius 1 is 1.21 bits per heavy atom. The van der Waals surface area contributed by atoms with Gasteiger partial charge in [-0.2, -0.15) is 0 Å². The second kappa shape index (κ2) is 5.75. The highest BCUT2D eigenvalue weighted by Gasteiger charge is 2.20. The van der Waals surface area contributed by atoms with Crippen molar-refractivity contribution in [3.63, 3.8) is 0 Å². The molecule has 0 amide bonds. The third-order valence-corrected chi connectivity index (χ3v) is 3.92. The predicted molar refractivity (Wildman–Crippen MR) is 61.2 cm³/mol. The molecule has 1 rings (SSSR count). The molecule has 1 aliphatic rings. The van der Waals surface area contributed by atoms with Crippen LogP contribution in [0.15, 0.2) is 0 Å². The van der Waals surface area contributed by atoms with Crippen molar-refractivity contribution in [3.8, 4) is 0 Å². The van der Waals surface area contributed by atoms with E-state index in [1.54, 1.807) is 0 Å². The van der Waals surface area contributed by atoms with Crippen molar-refractivity contribution in [1.82, 2.24) is 0 Å². The molecule has 84 valence electrons. The minimum Gasteiger partial charge on any atom is -0.393 e. The standard InChI is InChI=1S/C13H26O/c1-10(2)11(3)7-8-12-5-4-6-13(14)9-12/h10-14H,4-9H2,1-3H3. The van der Waals surface area contributed by atoms with Crippen LogP contribution in [0.2, 0.25) is 0 Å². The first-order valence-electron chi connectivity index (χ1n) is 6.27. The van der Waals surface area contributed by atoms with E-state index in [0.717, 1.165) is 30.6 Å². The van der Waals surface area contributed by atoms with Crippen LogP contribution in [-0.2, 0) is 0 Å². The molecule has 3 atom stereocenters. The van der Waals surface area contributed by atoms with E-state index in [1.807, 2.05) is 0 Å². The van der Waals surface area contributed by atoms with Crippen LogP contribution in [0.3, 0.4) is 0 Å². The summed E-state index contributed by atoms with van der Waals surface area (Å²) in [7, 11) is 0. The van der Waals surface area contributed by atoms with Crippen molar-refractivity contribution < 1.29 is 5.11 Å². The Kier molecular flexibility index (Phi) is 4.94. The number of aliphatic hydroxyl groups excluding tert-OH is 1. The van der Waals surface area contributed by atoms with Crippen molar-refractivity contribution >= 4 is 0 Å². The molecule has 0 spiro atoms. The van der Waals surface area contributed by atoms with Crippen LogP contribution in [0.25, 0.3) is 0 Å². The molecular formula is C13H26O. The van der Waals surface area contributed by atoms with E-state index in [9.17, 15) is 5.11 Å². The van der Waals surface area contributed by atoms with Gasteiger partial charge in [0.2, 0.25) is 0 Å². The fourth-order valence-corrected chi connectivity index (χ4v) is 2.36. The maximum absolute atomic E-state index is 9.55. The van der Waals surface area contributed by atoms with Gasteiger partial charge < -0.3 is 5.11 Å². The van der Waals surface area contributed by atoms with Gasteiger partial charge in [0.05, 0.1) is 6.10 Å². The normalized spacial score (nSPS) is 30.6. The third-order valence-electron chi connectivity index (χ3n) is 3.92. The van der Waals surface area contributed by atoms with Gasteiger partial charge in [-0.15, -0.1) is 0 Å². The molecule has 0 saturated heterocycles. The summed E-state index contributed by atoms with van der Waals surface area (Å²) in [5.41, 5.74) is 0. The Morgan fingerprint density at radius 3 is 2.50 bits per heavy atom. The second-order valence-electron chi connectivity index (χ2n) is 5.49. The van der Waals surface area contributed by atoms with E-state index in [2.05, 4.69) is 20.8 Å². The molecular weight excluding hydrogens is 172 g/mol. The van der Waals surface area contributed by atoms with Gasteiger partial charge in [0, 0.05) is 0 Å². The summed E-state index contributed by atoms with van der Waals surface area (Å²) in [6, 6.07) is 0. The first kappa shape index (κ1) is 12.0. The summed E-state index contributed by atoms with van der Waals surface area (Å²) in [4.78, 5) is 0. The molecule has 0 aliphatic heterocycles. The van der Waals surface area contributed by atoms with Crippen molar-refractivity contribution in [2.45, 2.75) is 65.4 Å². The van der Waals surface area contributed by atoms with Crippen LogP contribution in [0.1, 0.15) is 59.3 Å². The Labute approximate surface area is 88.9 Å². The molecule has 0 aromatic rings. The van der Waals surface area contributed by atoms with Crippen LogP contribution in [-0.4, -0.2) is 11.2 Å². The smallest absolute Gasteiger partial charge is 0.0542 e. The third kappa shape index (κ3) is 4.00. The van der Waals surface area contributed by atoms with Crippen LogP contribution in [0, 0.1) is 17.8 Å². The van der Waals surface area contributed by atoms with E-state index in [1.165, 1.54) is 25.7 Å². The monoisotopic (exact) mass is 198 g/mol. The Morgan fingerprint density at radius 2 is 1.93 bits per heavy atom. The first-order valence-corrected chi connectivity index (χ1v) is 6.27. The fourth-order valence-electron chi connectivity index (χ4n) is 2.36. The van der Waals surface area contributed by atoms with Gasteiger partial charge >= 0.3 is 0 Å². The highest BCUT2D eigenvalue weighted by atomic mass is 16.3. The SMILES string of the molecule is CC(C)C(C)CCC1CCCC(O)C1. The summed E-state index contributed by atoms with van der Waals surface area (Å²) in [5, 5.41) is 9.55. The lowest BCUT2D eigenvalue weighted by Crippen LogP contribution is -2.20. The molecule has 0 aromatic heterocycles. The predicted octanol–water partition coefficient (Wildman–Crippen LogP) is 3.61. The van der Waals surface area contributed by atoms with E-state index in [4.69, 9.17) is 0 Å². The molecule has 3 unspecified atom stereocenters. The summed E-state index contributed by atoms with van der Waals surface area (Å²) in [5.74, 6) is 2.46. The summed E-state index contributed by atoms with van der Waals surface area (Å²) < 4.78 is 0. The van der Waals surface area contributed by atoms with Gasteiger partial charge in [0.1, 0.15) is 0 Å². The van der Waals surface area contributed by atoms with Crippen molar-refractivity contribution in [2.24, 2.45) is 17.8 Å². The molecule has 0 radical (unpaired) electrons. The Balaban J connectivity index is 2.17. The zero-order valence-corrected chi connectivity index (χ0v) is 10.00. The van der Waals surface area contributed by atoms with Crippen LogP contribution >= 0.6 is 0 Å². The van der Waals surface area contributed by atoms with Crippen LogP contribution in [0.5, 0.6) is 0 Å². The number of aliphatic hydroxyl groups is 1. The average Bonchev–Trinajstić information content (AvgIpc) is 2.14. The average molecular weight is 198 g/mol. The van der Waals surface area contributed by atoms with Crippen molar-refractivity contribution in [2.75, 3.05) is 0 Å². The van der Waals surface area contributed by atoms with Gasteiger partial charge in [-0.05, 0) is 30.6 Å². The molecule has 1 nitrogen and oxygen atoms in total. The lowest BCUT2D eigenvalue weighted by Gasteiger charge is -2.27. The van der Waals surface area contributed by atoms with E-state index >= 15 is 0 Å². The minimum atomic E-state index is 0.00288. The highest BCUT2D eigenvalue weighted by Crippen LogP contribution is 2.30.